The maximum Gasteiger partial charge on any atom is 0.170 e. The van der Waals surface area contributed by atoms with Crippen molar-refractivity contribution in [2.75, 3.05) is 19.3 Å². The van der Waals surface area contributed by atoms with Gasteiger partial charge in [0, 0.05) is 17.9 Å². The maximum absolute atomic E-state index is 10.1. The van der Waals surface area contributed by atoms with Gasteiger partial charge in [0.15, 0.2) is 9.84 Å². The molecule has 0 unspecified atom stereocenters. The van der Waals surface area contributed by atoms with Crippen LogP contribution in [-0.2, 0) is 9.84 Å². The van der Waals surface area contributed by atoms with E-state index in [0.717, 1.165) is 17.9 Å². The summed E-state index contributed by atoms with van der Waals surface area (Å²) in [4.78, 5) is 0. The van der Waals surface area contributed by atoms with Crippen LogP contribution in [0.15, 0.2) is 11.6 Å². The second-order valence-electron chi connectivity index (χ2n) is 2.62. The number of sulfone groups is 1. The van der Waals surface area contributed by atoms with Crippen molar-refractivity contribution in [1.82, 2.24) is 5.32 Å². The van der Waals surface area contributed by atoms with Gasteiger partial charge >= 0.3 is 0 Å². The molecule has 0 aliphatic carbocycles. The summed E-state index contributed by atoms with van der Waals surface area (Å²) >= 11 is 0. The van der Waals surface area contributed by atoms with Gasteiger partial charge in [-0.2, -0.15) is 0 Å². The van der Waals surface area contributed by atoms with Gasteiger partial charge in [0.1, 0.15) is 0 Å². The molecule has 0 aromatic carbocycles. The van der Waals surface area contributed by atoms with E-state index in [1.165, 1.54) is 25.9 Å². The van der Waals surface area contributed by atoms with Crippen molar-refractivity contribution in [1.29, 1.82) is 0 Å². The standard InChI is InChI=1S/C4H9N.C3H7NO2S/c1-2-4-5-3-1;1-7(5,6)3-2-4/h5H,1-4H2;2-3H,4H2,1H3. The molecule has 1 aliphatic heterocycles. The van der Waals surface area contributed by atoms with Crippen LogP contribution in [0.5, 0.6) is 0 Å². The first-order valence-electron chi connectivity index (χ1n) is 3.85. The molecule has 1 rings (SSSR count). The van der Waals surface area contributed by atoms with E-state index in [4.69, 9.17) is 5.73 Å². The summed E-state index contributed by atoms with van der Waals surface area (Å²) in [5.74, 6) is 0. The summed E-state index contributed by atoms with van der Waals surface area (Å²) in [5.41, 5.74) is 4.75. The van der Waals surface area contributed by atoms with Gasteiger partial charge in [-0.05, 0) is 25.9 Å². The zero-order valence-electron chi connectivity index (χ0n) is 7.29. The van der Waals surface area contributed by atoms with E-state index in [1.807, 2.05) is 0 Å². The first-order valence-corrected chi connectivity index (χ1v) is 5.81. The van der Waals surface area contributed by atoms with Gasteiger partial charge < -0.3 is 11.1 Å². The van der Waals surface area contributed by atoms with Crippen LogP contribution in [0.1, 0.15) is 12.8 Å². The fraction of sp³-hybridized carbons (Fsp3) is 0.714. The summed E-state index contributed by atoms with van der Waals surface area (Å²) in [5, 5.41) is 4.16. The molecular weight excluding hydrogens is 176 g/mol. The van der Waals surface area contributed by atoms with Crippen molar-refractivity contribution in [3.05, 3.63) is 11.6 Å². The molecule has 5 heteroatoms. The number of hydrogen-bond acceptors (Lipinski definition) is 4. The Morgan fingerprint density at radius 1 is 1.33 bits per heavy atom. The largest absolute Gasteiger partial charge is 0.404 e. The Bertz CT molecular complexity index is 210. The van der Waals surface area contributed by atoms with E-state index < -0.39 is 9.84 Å². The average molecular weight is 192 g/mol. The van der Waals surface area contributed by atoms with E-state index in [2.05, 4.69) is 5.32 Å². The molecule has 0 bridgehead atoms. The van der Waals surface area contributed by atoms with Crippen LogP contribution in [0.3, 0.4) is 0 Å². The van der Waals surface area contributed by atoms with Crippen LogP contribution in [0, 0.1) is 0 Å². The van der Waals surface area contributed by atoms with Crippen LogP contribution < -0.4 is 11.1 Å². The van der Waals surface area contributed by atoms with Crippen LogP contribution in [0.4, 0.5) is 0 Å². The molecule has 1 saturated heterocycles. The van der Waals surface area contributed by atoms with Crippen molar-refractivity contribution >= 4 is 9.84 Å². The normalized spacial score (nSPS) is 17.4. The van der Waals surface area contributed by atoms with Crippen molar-refractivity contribution in [2.24, 2.45) is 5.73 Å². The first kappa shape index (κ1) is 11.4. The van der Waals surface area contributed by atoms with E-state index in [-0.39, 0.29) is 0 Å². The molecule has 3 N–H and O–H groups in total. The highest BCUT2D eigenvalue weighted by atomic mass is 32.2. The highest BCUT2D eigenvalue weighted by Crippen LogP contribution is 1.90. The zero-order chi connectivity index (χ0) is 9.45. The SMILES string of the molecule is C1CCNC1.CS(=O)(=O)C=CN. The van der Waals surface area contributed by atoms with Crippen molar-refractivity contribution in [3.63, 3.8) is 0 Å². The lowest BCUT2D eigenvalue weighted by Crippen LogP contribution is -2.03. The Labute approximate surface area is 73.8 Å². The third kappa shape index (κ3) is 9.45. The van der Waals surface area contributed by atoms with Crippen molar-refractivity contribution < 1.29 is 8.42 Å². The average Bonchev–Trinajstić information content (AvgIpc) is 2.38. The number of hydrogen-bond donors (Lipinski definition) is 2. The third-order valence-electron chi connectivity index (χ3n) is 1.28. The third-order valence-corrected chi connectivity index (χ3v) is 1.93. The molecule has 12 heavy (non-hydrogen) atoms. The Hall–Kier alpha value is -0.550. The minimum atomic E-state index is -2.98. The molecule has 1 fully saturated rings. The van der Waals surface area contributed by atoms with Gasteiger partial charge in [-0.1, -0.05) is 0 Å². The van der Waals surface area contributed by atoms with E-state index in [1.54, 1.807) is 0 Å². The molecule has 72 valence electrons. The lowest BCUT2D eigenvalue weighted by atomic mass is 10.4. The smallest absolute Gasteiger partial charge is 0.170 e. The van der Waals surface area contributed by atoms with E-state index in [9.17, 15) is 8.42 Å². The van der Waals surface area contributed by atoms with Gasteiger partial charge in [0.05, 0.1) is 0 Å². The predicted molar refractivity (Wildman–Crippen MR) is 50.3 cm³/mol. The van der Waals surface area contributed by atoms with Gasteiger partial charge in [0.2, 0.25) is 0 Å². The first-order chi connectivity index (χ1) is 5.56. The Kier molecular flexibility index (Phi) is 5.74. The highest BCUT2D eigenvalue weighted by Gasteiger charge is 1.93. The fourth-order valence-corrected chi connectivity index (χ4v) is 1.05. The molecule has 0 aromatic heterocycles. The second-order valence-corrected chi connectivity index (χ2v) is 4.55. The molecule has 1 aliphatic rings. The predicted octanol–water partition coefficient (Wildman–Crippen LogP) is -0.169. The van der Waals surface area contributed by atoms with Crippen LogP contribution >= 0.6 is 0 Å². The van der Waals surface area contributed by atoms with Gasteiger partial charge in [-0.15, -0.1) is 0 Å². The molecule has 0 aromatic rings. The minimum Gasteiger partial charge on any atom is -0.404 e. The maximum atomic E-state index is 10.1. The van der Waals surface area contributed by atoms with Crippen LogP contribution in [0.2, 0.25) is 0 Å². The van der Waals surface area contributed by atoms with Gasteiger partial charge in [-0.3, -0.25) is 0 Å². The summed E-state index contributed by atoms with van der Waals surface area (Å²) in [6.07, 6.45) is 4.85. The monoisotopic (exact) mass is 192 g/mol. The molecule has 0 spiro atoms. The Balaban J connectivity index is 0.000000211. The van der Waals surface area contributed by atoms with Crippen LogP contribution in [0.25, 0.3) is 0 Å². The molecular formula is C7H16N2O2S. The number of nitrogens with two attached hydrogens (primary N) is 1. The molecule has 0 amide bonds. The van der Waals surface area contributed by atoms with Crippen LogP contribution in [-0.4, -0.2) is 27.8 Å². The van der Waals surface area contributed by atoms with Gasteiger partial charge in [-0.25, -0.2) is 8.42 Å². The second kappa shape index (κ2) is 6.02. The minimum absolute atomic E-state index is 0.938. The lowest BCUT2D eigenvalue weighted by molar-refractivity contribution is 0.610. The highest BCUT2D eigenvalue weighted by molar-refractivity contribution is 7.93. The zero-order valence-corrected chi connectivity index (χ0v) is 8.10. The summed E-state index contributed by atoms with van der Waals surface area (Å²) < 4.78 is 20.1. The summed E-state index contributed by atoms with van der Waals surface area (Å²) in [7, 11) is -2.98. The molecule has 4 nitrogen and oxygen atoms in total. The molecule has 0 radical (unpaired) electrons. The molecule has 1 heterocycles. The topological polar surface area (TPSA) is 72.2 Å². The number of nitrogens with one attached hydrogen (secondary N) is 1. The van der Waals surface area contributed by atoms with Crippen molar-refractivity contribution in [3.8, 4) is 0 Å². The van der Waals surface area contributed by atoms with Gasteiger partial charge in [0.25, 0.3) is 0 Å². The molecule has 0 saturated carbocycles. The quantitative estimate of drug-likeness (QED) is 0.605. The van der Waals surface area contributed by atoms with Crippen molar-refractivity contribution in [2.45, 2.75) is 12.8 Å². The van der Waals surface area contributed by atoms with E-state index >= 15 is 0 Å². The van der Waals surface area contributed by atoms with E-state index in [0.29, 0.717) is 0 Å². The Morgan fingerprint density at radius 3 is 1.92 bits per heavy atom. The summed E-state index contributed by atoms with van der Waals surface area (Å²) in [6, 6.07) is 0. The summed E-state index contributed by atoms with van der Waals surface area (Å²) in [6.45, 7) is 2.50. The fourth-order valence-electron chi connectivity index (χ4n) is 0.768. The Morgan fingerprint density at radius 2 is 1.83 bits per heavy atom. The molecule has 0 atom stereocenters. The number of rotatable bonds is 1. The lowest BCUT2D eigenvalue weighted by Gasteiger charge is -1.77.